The molecule has 0 amide bonds. The molecule has 1 N–H and O–H groups in total. The van der Waals surface area contributed by atoms with Crippen molar-refractivity contribution in [2.45, 2.75) is 44.8 Å². The number of halogens is 9. The highest BCUT2D eigenvalue weighted by atomic mass is 19.4. The number of hydrogen-bond acceptors (Lipinski definition) is 4. The zero-order valence-electron chi connectivity index (χ0n) is 25.0. The summed E-state index contributed by atoms with van der Waals surface area (Å²) in [6, 6.07) is 16.9. The van der Waals surface area contributed by atoms with Gasteiger partial charge < -0.3 is 19.5 Å². The van der Waals surface area contributed by atoms with Gasteiger partial charge in [0.2, 0.25) is 0 Å². The minimum absolute atomic E-state index is 0.234. The molecular formula is C35H28F9NO3. The maximum absolute atomic E-state index is 13.7. The molecule has 0 unspecified atom stereocenters. The Balaban J connectivity index is 1.56. The smallest absolute Gasteiger partial charge is 0.419 e. The Hall–Kier alpha value is -4.65. The summed E-state index contributed by atoms with van der Waals surface area (Å²) in [6.07, 6.45) is -11.8. The van der Waals surface area contributed by atoms with Gasteiger partial charge in [-0.2, -0.15) is 39.5 Å². The molecule has 48 heavy (non-hydrogen) atoms. The van der Waals surface area contributed by atoms with Gasteiger partial charge in [-0.25, -0.2) is 0 Å². The molecule has 0 atom stereocenters. The molecule has 0 bridgehead atoms. The van der Waals surface area contributed by atoms with E-state index in [1.165, 1.54) is 48.5 Å². The summed E-state index contributed by atoms with van der Waals surface area (Å²) in [5.74, 6) is -1.37. The van der Waals surface area contributed by atoms with Crippen molar-refractivity contribution in [3.8, 4) is 17.2 Å². The van der Waals surface area contributed by atoms with E-state index in [9.17, 15) is 39.5 Å². The number of alkyl halides is 9. The van der Waals surface area contributed by atoms with Gasteiger partial charge in [0.15, 0.2) is 0 Å². The zero-order chi connectivity index (χ0) is 34.5. The predicted octanol–water partition coefficient (Wildman–Crippen LogP) is 9.86. The zero-order valence-corrected chi connectivity index (χ0v) is 25.0. The van der Waals surface area contributed by atoms with Crippen LogP contribution in [-0.4, -0.2) is 13.1 Å². The van der Waals surface area contributed by atoms with E-state index in [1.54, 1.807) is 6.07 Å². The van der Waals surface area contributed by atoms with Gasteiger partial charge in [-0.1, -0.05) is 42.5 Å². The average molecular weight is 682 g/mol. The van der Waals surface area contributed by atoms with E-state index in [0.717, 1.165) is 35.9 Å². The van der Waals surface area contributed by atoms with Crippen LogP contribution < -0.4 is 19.5 Å². The molecule has 0 fully saturated rings. The van der Waals surface area contributed by atoms with Crippen LogP contribution >= 0.6 is 0 Å². The van der Waals surface area contributed by atoms with Gasteiger partial charge in [0.25, 0.3) is 0 Å². The molecule has 0 saturated heterocycles. The van der Waals surface area contributed by atoms with Crippen LogP contribution in [0.1, 0.15) is 45.4 Å². The third-order valence-corrected chi connectivity index (χ3v) is 7.56. The second kappa shape index (κ2) is 14.2. The lowest BCUT2D eigenvalue weighted by atomic mass is 9.91. The molecule has 13 heteroatoms. The monoisotopic (exact) mass is 681 g/mol. The highest BCUT2D eigenvalue weighted by Gasteiger charge is 2.36. The summed E-state index contributed by atoms with van der Waals surface area (Å²) >= 11 is 0. The molecule has 0 radical (unpaired) electrons. The van der Waals surface area contributed by atoms with Crippen LogP contribution in [0.25, 0.3) is 5.57 Å². The van der Waals surface area contributed by atoms with Crippen molar-refractivity contribution in [3.05, 3.63) is 130 Å². The average Bonchev–Trinajstić information content (AvgIpc) is 3.05. The van der Waals surface area contributed by atoms with E-state index in [1.807, 2.05) is 6.08 Å². The topological polar surface area (TPSA) is 39.7 Å². The summed E-state index contributed by atoms with van der Waals surface area (Å²) in [6.45, 7) is -0.205. The lowest BCUT2D eigenvalue weighted by Gasteiger charge is -2.23. The Morgan fingerprint density at radius 2 is 0.917 bits per heavy atom. The Labute approximate surface area is 269 Å². The molecule has 0 aliphatic carbocycles. The van der Waals surface area contributed by atoms with Crippen molar-refractivity contribution in [1.82, 2.24) is 5.32 Å². The highest BCUT2D eigenvalue weighted by Crippen LogP contribution is 2.40. The van der Waals surface area contributed by atoms with Gasteiger partial charge in [0, 0.05) is 6.54 Å². The number of hydrogen-bond donors (Lipinski definition) is 1. The van der Waals surface area contributed by atoms with Crippen molar-refractivity contribution >= 4 is 5.57 Å². The van der Waals surface area contributed by atoms with Gasteiger partial charge in [-0.3, -0.25) is 0 Å². The molecule has 5 rings (SSSR count). The summed E-state index contributed by atoms with van der Waals surface area (Å²) in [5.41, 5.74) is -0.785. The Kier molecular flexibility index (Phi) is 10.3. The molecule has 254 valence electrons. The number of nitrogens with one attached hydrogen (secondary N) is 1. The molecule has 1 heterocycles. The third kappa shape index (κ3) is 8.43. The molecule has 1 aliphatic heterocycles. The predicted molar refractivity (Wildman–Crippen MR) is 159 cm³/mol. The first kappa shape index (κ1) is 34.7. The van der Waals surface area contributed by atoms with Crippen molar-refractivity contribution in [1.29, 1.82) is 0 Å². The van der Waals surface area contributed by atoms with Gasteiger partial charge in [0.1, 0.15) is 37.1 Å². The van der Waals surface area contributed by atoms with Crippen LogP contribution in [0, 0.1) is 0 Å². The van der Waals surface area contributed by atoms with E-state index >= 15 is 0 Å². The normalized spacial score (nSPS) is 14.0. The van der Waals surface area contributed by atoms with Crippen molar-refractivity contribution in [3.63, 3.8) is 0 Å². The van der Waals surface area contributed by atoms with Gasteiger partial charge in [0.05, 0.1) is 16.7 Å². The van der Waals surface area contributed by atoms with Gasteiger partial charge in [-0.15, -0.1) is 0 Å². The molecular weight excluding hydrogens is 653 g/mol. The van der Waals surface area contributed by atoms with Crippen LogP contribution in [0.15, 0.2) is 91.0 Å². The molecule has 0 spiro atoms. The van der Waals surface area contributed by atoms with Crippen LogP contribution in [0.5, 0.6) is 17.2 Å². The summed E-state index contributed by atoms with van der Waals surface area (Å²) < 4.78 is 140. The van der Waals surface area contributed by atoms with Crippen LogP contribution in [0.4, 0.5) is 39.5 Å². The second-order valence-electron chi connectivity index (χ2n) is 10.8. The van der Waals surface area contributed by atoms with E-state index < -0.39 is 65.7 Å². The number of benzene rings is 4. The molecule has 1 aliphatic rings. The van der Waals surface area contributed by atoms with Crippen LogP contribution in [0.2, 0.25) is 0 Å². The van der Waals surface area contributed by atoms with E-state index in [0.29, 0.717) is 36.2 Å². The molecule has 4 nitrogen and oxygen atoms in total. The van der Waals surface area contributed by atoms with E-state index in [4.69, 9.17) is 14.2 Å². The summed E-state index contributed by atoms with van der Waals surface area (Å²) in [4.78, 5) is 0. The van der Waals surface area contributed by atoms with E-state index in [-0.39, 0.29) is 12.2 Å². The van der Waals surface area contributed by atoms with Crippen LogP contribution in [0.3, 0.4) is 0 Å². The molecule has 0 aromatic heterocycles. The van der Waals surface area contributed by atoms with Crippen LogP contribution in [-0.2, 0) is 38.3 Å². The lowest BCUT2D eigenvalue weighted by Crippen LogP contribution is -2.21. The Morgan fingerprint density at radius 3 is 1.31 bits per heavy atom. The Morgan fingerprint density at radius 1 is 0.521 bits per heavy atom. The maximum atomic E-state index is 13.7. The standard InChI is InChI=1S/C35H28F9NO3/c36-33(37,38)27-7-1-4-10-30(27)46-19-23-17-25(21-48-32-12-6-3-9-29(32)35(42,43)44)26(22-13-15-45-16-14-22)18-24(23)20-47-31-11-5-2-8-28(31)34(39,40)41/h1-13,17-18,45H,14-16,19-21H2. The highest BCUT2D eigenvalue weighted by molar-refractivity contribution is 5.70. The van der Waals surface area contributed by atoms with Crippen molar-refractivity contribution in [2.24, 2.45) is 0 Å². The maximum Gasteiger partial charge on any atom is 0.419 e. The first-order valence-electron chi connectivity index (χ1n) is 14.6. The molecule has 4 aromatic rings. The summed E-state index contributed by atoms with van der Waals surface area (Å²) in [7, 11) is 0. The summed E-state index contributed by atoms with van der Waals surface area (Å²) in [5, 5.41) is 3.16. The lowest BCUT2D eigenvalue weighted by molar-refractivity contribution is -0.140. The van der Waals surface area contributed by atoms with Gasteiger partial charge >= 0.3 is 18.5 Å². The first-order valence-corrected chi connectivity index (χ1v) is 14.6. The van der Waals surface area contributed by atoms with Crippen molar-refractivity contribution in [2.75, 3.05) is 13.1 Å². The SMILES string of the molecule is FC(F)(F)c1ccccc1OCc1cc(COc2ccccc2C(F)(F)F)c(C2=CCNCC2)cc1COc1ccccc1C(F)(F)F. The third-order valence-electron chi connectivity index (χ3n) is 7.56. The van der Waals surface area contributed by atoms with Crippen molar-refractivity contribution < 1.29 is 53.7 Å². The van der Waals surface area contributed by atoms with E-state index in [2.05, 4.69) is 5.32 Å². The first-order chi connectivity index (χ1) is 22.7. The number of rotatable bonds is 10. The molecule has 0 saturated carbocycles. The fourth-order valence-electron chi connectivity index (χ4n) is 5.24. The quantitative estimate of drug-likeness (QED) is 0.169. The minimum atomic E-state index is -4.74. The fraction of sp³-hybridized carbons (Fsp3) is 0.257. The largest absolute Gasteiger partial charge is 0.488 e. The fourth-order valence-corrected chi connectivity index (χ4v) is 5.24. The Bertz CT molecular complexity index is 1760. The number of ether oxygens (including phenoxy) is 3. The van der Waals surface area contributed by atoms with Gasteiger partial charge in [-0.05, 0) is 89.3 Å². The molecule has 4 aromatic carbocycles. The minimum Gasteiger partial charge on any atom is -0.488 e. The number of para-hydroxylation sites is 3. The second-order valence-corrected chi connectivity index (χ2v) is 10.8.